The first-order chi connectivity index (χ1) is 11.7. The predicted octanol–water partition coefficient (Wildman–Crippen LogP) is 2.02. The van der Waals surface area contributed by atoms with E-state index in [1.165, 1.54) is 18.5 Å². The Labute approximate surface area is 139 Å². The van der Waals surface area contributed by atoms with Crippen LogP contribution in [0.5, 0.6) is 5.75 Å². The highest BCUT2D eigenvalue weighted by atomic mass is 19.1. The molecule has 6 nitrogen and oxygen atoms in total. The summed E-state index contributed by atoms with van der Waals surface area (Å²) in [4.78, 5) is 22.5. The van der Waals surface area contributed by atoms with Crippen LogP contribution in [0.2, 0.25) is 0 Å². The number of rotatable bonds is 6. The monoisotopic (exact) mass is 330 g/mol. The van der Waals surface area contributed by atoms with E-state index in [2.05, 4.69) is 20.2 Å². The summed E-state index contributed by atoms with van der Waals surface area (Å²) >= 11 is 0. The number of benzene rings is 1. The van der Waals surface area contributed by atoms with Crippen LogP contribution in [-0.2, 0) is 0 Å². The van der Waals surface area contributed by atoms with Crippen molar-refractivity contribution in [2.24, 2.45) is 0 Å². The van der Waals surface area contributed by atoms with Crippen molar-refractivity contribution in [3.05, 3.63) is 48.2 Å². The molecule has 0 aliphatic carbocycles. The Bertz CT molecular complexity index is 687. The van der Waals surface area contributed by atoms with Crippen LogP contribution in [0.15, 0.2) is 36.7 Å². The van der Waals surface area contributed by atoms with Gasteiger partial charge in [-0.2, -0.15) is 0 Å². The van der Waals surface area contributed by atoms with Crippen molar-refractivity contribution in [3.63, 3.8) is 0 Å². The normalized spacial score (nSPS) is 13.8. The van der Waals surface area contributed by atoms with Gasteiger partial charge in [0.1, 0.15) is 36.0 Å². The summed E-state index contributed by atoms with van der Waals surface area (Å²) in [6.45, 7) is 2.55. The maximum atomic E-state index is 12.8. The minimum absolute atomic E-state index is 0.263. The van der Waals surface area contributed by atoms with Gasteiger partial charge in [-0.15, -0.1) is 0 Å². The van der Waals surface area contributed by atoms with E-state index < -0.39 is 0 Å². The molecule has 1 aliphatic rings. The van der Waals surface area contributed by atoms with Crippen molar-refractivity contribution < 1.29 is 13.9 Å². The first-order valence-electron chi connectivity index (χ1n) is 7.96. The van der Waals surface area contributed by atoms with E-state index in [1.807, 2.05) is 0 Å². The molecule has 1 fully saturated rings. The molecule has 0 bridgehead atoms. The van der Waals surface area contributed by atoms with Crippen molar-refractivity contribution in [1.29, 1.82) is 0 Å². The van der Waals surface area contributed by atoms with E-state index >= 15 is 0 Å². The molecule has 1 aromatic heterocycles. The lowest BCUT2D eigenvalue weighted by Crippen LogP contribution is -2.29. The van der Waals surface area contributed by atoms with Gasteiger partial charge in [0.05, 0.1) is 6.54 Å². The van der Waals surface area contributed by atoms with Crippen LogP contribution < -0.4 is 15.0 Å². The summed E-state index contributed by atoms with van der Waals surface area (Å²) in [6, 6.07) is 7.46. The highest BCUT2D eigenvalue weighted by Gasteiger charge is 2.16. The highest BCUT2D eigenvalue weighted by Crippen LogP contribution is 2.17. The van der Waals surface area contributed by atoms with E-state index in [4.69, 9.17) is 4.74 Å². The fourth-order valence-corrected chi connectivity index (χ4v) is 2.55. The van der Waals surface area contributed by atoms with E-state index in [-0.39, 0.29) is 11.7 Å². The Hall–Kier alpha value is -2.70. The number of hydrogen-bond donors (Lipinski definition) is 1. The molecule has 0 atom stereocenters. The molecular weight excluding hydrogens is 311 g/mol. The quantitative estimate of drug-likeness (QED) is 0.821. The number of amides is 1. The Balaban J connectivity index is 1.48. The lowest BCUT2D eigenvalue weighted by Gasteiger charge is -2.16. The fraction of sp³-hybridized carbons (Fsp3) is 0.353. The molecular formula is C17H19FN4O2. The van der Waals surface area contributed by atoms with Crippen LogP contribution in [0.3, 0.4) is 0 Å². The summed E-state index contributed by atoms with van der Waals surface area (Å²) in [5.41, 5.74) is 0.341. The average Bonchev–Trinajstić information content (AvgIpc) is 3.15. The second kappa shape index (κ2) is 7.72. The van der Waals surface area contributed by atoms with Crippen LogP contribution in [-0.4, -0.2) is 42.1 Å². The van der Waals surface area contributed by atoms with Crippen molar-refractivity contribution in [3.8, 4) is 5.75 Å². The highest BCUT2D eigenvalue weighted by molar-refractivity contribution is 5.92. The topological polar surface area (TPSA) is 67.3 Å². The van der Waals surface area contributed by atoms with Gasteiger partial charge < -0.3 is 15.0 Å². The minimum atomic E-state index is -0.312. The molecule has 1 N–H and O–H groups in total. The zero-order chi connectivity index (χ0) is 16.8. The molecule has 2 aromatic rings. The van der Waals surface area contributed by atoms with E-state index in [0.29, 0.717) is 24.6 Å². The lowest BCUT2D eigenvalue weighted by atomic mass is 10.3. The molecule has 126 valence electrons. The zero-order valence-electron chi connectivity index (χ0n) is 13.2. The van der Waals surface area contributed by atoms with Gasteiger partial charge in [0.2, 0.25) is 0 Å². The Morgan fingerprint density at radius 2 is 1.96 bits per heavy atom. The number of hydrogen-bond acceptors (Lipinski definition) is 5. The van der Waals surface area contributed by atoms with Crippen LogP contribution in [0.4, 0.5) is 10.2 Å². The van der Waals surface area contributed by atoms with E-state index in [1.54, 1.807) is 18.2 Å². The van der Waals surface area contributed by atoms with Crippen molar-refractivity contribution >= 4 is 11.7 Å². The summed E-state index contributed by atoms with van der Waals surface area (Å²) in [7, 11) is 0. The van der Waals surface area contributed by atoms with Crippen molar-refractivity contribution in [2.75, 3.05) is 31.1 Å². The Morgan fingerprint density at radius 1 is 1.21 bits per heavy atom. The molecule has 1 amide bonds. The molecule has 0 unspecified atom stereocenters. The maximum Gasteiger partial charge on any atom is 0.270 e. The molecule has 0 radical (unpaired) electrons. The van der Waals surface area contributed by atoms with Gasteiger partial charge in [0, 0.05) is 19.2 Å². The van der Waals surface area contributed by atoms with Crippen molar-refractivity contribution in [1.82, 2.24) is 15.3 Å². The molecule has 1 saturated heterocycles. The number of aromatic nitrogens is 2. The molecule has 7 heteroatoms. The van der Waals surface area contributed by atoms with Gasteiger partial charge in [-0.25, -0.2) is 14.4 Å². The molecule has 0 spiro atoms. The molecule has 1 aliphatic heterocycles. The SMILES string of the molecule is O=C(NCCOc1ccc(F)cc1)c1cc(N2CCCC2)ncn1. The summed E-state index contributed by atoms with van der Waals surface area (Å²) in [6.07, 6.45) is 3.70. The number of carbonyl (C=O) groups is 1. The third-order valence-electron chi connectivity index (χ3n) is 3.79. The molecule has 0 saturated carbocycles. The lowest BCUT2D eigenvalue weighted by molar-refractivity contribution is 0.0942. The van der Waals surface area contributed by atoms with Gasteiger partial charge in [0.25, 0.3) is 5.91 Å². The third kappa shape index (κ3) is 4.18. The fourth-order valence-electron chi connectivity index (χ4n) is 2.55. The summed E-state index contributed by atoms with van der Waals surface area (Å²) in [5.74, 6) is 0.771. The van der Waals surface area contributed by atoms with Gasteiger partial charge in [-0.1, -0.05) is 0 Å². The van der Waals surface area contributed by atoms with Gasteiger partial charge in [-0.05, 0) is 37.1 Å². The van der Waals surface area contributed by atoms with Crippen LogP contribution in [0.1, 0.15) is 23.3 Å². The standard InChI is InChI=1S/C17H19FN4O2/c18-13-3-5-14(6-4-13)24-10-7-19-17(23)15-11-16(21-12-20-15)22-8-1-2-9-22/h3-6,11-12H,1-2,7-10H2,(H,19,23). The first-order valence-corrected chi connectivity index (χ1v) is 7.96. The van der Waals surface area contributed by atoms with Gasteiger partial charge in [-0.3, -0.25) is 4.79 Å². The van der Waals surface area contributed by atoms with Gasteiger partial charge in [0.15, 0.2) is 0 Å². The predicted molar refractivity (Wildman–Crippen MR) is 87.7 cm³/mol. The van der Waals surface area contributed by atoms with Crippen LogP contribution in [0.25, 0.3) is 0 Å². The van der Waals surface area contributed by atoms with Crippen molar-refractivity contribution in [2.45, 2.75) is 12.8 Å². The van der Waals surface area contributed by atoms with E-state index in [0.717, 1.165) is 31.7 Å². The second-order valence-electron chi connectivity index (χ2n) is 5.51. The smallest absolute Gasteiger partial charge is 0.270 e. The first kappa shape index (κ1) is 16.2. The molecule has 2 heterocycles. The maximum absolute atomic E-state index is 12.8. The third-order valence-corrected chi connectivity index (χ3v) is 3.79. The molecule has 24 heavy (non-hydrogen) atoms. The van der Waals surface area contributed by atoms with E-state index in [9.17, 15) is 9.18 Å². The number of anilines is 1. The van der Waals surface area contributed by atoms with Gasteiger partial charge >= 0.3 is 0 Å². The summed E-state index contributed by atoms with van der Waals surface area (Å²) in [5, 5.41) is 2.75. The van der Waals surface area contributed by atoms with Crippen LogP contribution in [0, 0.1) is 5.82 Å². The Morgan fingerprint density at radius 3 is 2.71 bits per heavy atom. The van der Waals surface area contributed by atoms with Crippen LogP contribution >= 0.6 is 0 Å². The number of nitrogens with zero attached hydrogens (tertiary/aromatic N) is 3. The minimum Gasteiger partial charge on any atom is -0.492 e. The Kier molecular flexibility index (Phi) is 5.20. The molecule has 1 aromatic carbocycles. The number of nitrogens with one attached hydrogen (secondary N) is 1. The average molecular weight is 330 g/mol. The molecule has 3 rings (SSSR count). The number of ether oxygens (including phenoxy) is 1. The zero-order valence-corrected chi connectivity index (χ0v) is 13.2. The largest absolute Gasteiger partial charge is 0.492 e. The number of halogens is 1. The number of carbonyl (C=O) groups excluding carboxylic acids is 1. The second-order valence-corrected chi connectivity index (χ2v) is 5.51. The summed E-state index contributed by atoms with van der Waals surface area (Å²) < 4.78 is 18.2.